The van der Waals surface area contributed by atoms with Crippen LogP contribution in [-0.4, -0.2) is 27.6 Å². The molecular weight excluding hydrogens is 411 g/mol. The highest BCUT2D eigenvalue weighted by molar-refractivity contribution is 6.32. The van der Waals surface area contributed by atoms with E-state index in [4.69, 9.17) is 34.2 Å². The Kier molecular flexibility index (Phi) is 6.17. The summed E-state index contributed by atoms with van der Waals surface area (Å²) in [5.41, 5.74) is 7.82. The van der Waals surface area contributed by atoms with Crippen molar-refractivity contribution >= 4 is 34.9 Å². The van der Waals surface area contributed by atoms with Gasteiger partial charge in [0.05, 0.1) is 16.4 Å². The van der Waals surface area contributed by atoms with E-state index in [2.05, 4.69) is 15.4 Å². The number of aliphatic imine (C=N–C) groups is 1. The topological polar surface area (TPSA) is 109 Å². The number of halogens is 2. The lowest BCUT2D eigenvalue weighted by Gasteiger charge is -2.09. The second kappa shape index (κ2) is 8.78. The van der Waals surface area contributed by atoms with Crippen molar-refractivity contribution in [2.24, 2.45) is 10.7 Å². The van der Waals surface area contributed by atoms with E-state index in [1.165, 1.54) is 6.92 Å². The number of hydrogen-bond donors (Lipinski definition) is 2. The van der Waals surface area contributed by atoms with E-state index in [0.717, 1.165) is 5.56 Å². The van der Waals surface area contributed by atoms with Gasteiger partial charge in [0.15, 0.2) is 12.0 Å². The number of rotatable bonds is 5. The molecule has 3 rings (SSSR count). The van der Waals surface area contributed by atoms with Gasteiger partial charge in [-0.25, -0.2) is 4.68 Å². The number of para-hydroxylation sites is 1. The zero-order valence-corrected chi connectivity index (χ0v) is 16.8. The van der Waals surface area contributed by atoms with Crippen LogP contribution < -0.4 is 11.1 Å². The number of nitrogens with two attached hydrogens (primary N) is 1. The Bertz CT molecular complexity index is 1110. The molecule has 9 heteroatoms. The van der Waals surface area contributed by atoms with Crippen molar-refractivity contribution in [2.75, 3.05) is 0 Å². The summed E-state index contributed by atoms with van der Waals surface area (Å²) < 4.78 is 1.64. The predicted molar refractivity (Wildman–Crippen MR) is 113 cm³/mol. The fourth-order valence-electron chi connectivity index (χ4n) is 2.60. The van der Waals surface area contributed by atoms with Gasteiger partial charge in [-0.15, -0.1) is 0 Å². The second-order valence-corrected chi connectivity index (χ2v) is 6.92. The molecule has 1 atom stereocenters. The molecule has 0 saturated heterocycles. The first kappa shape index (κ1) is 20.4. The summed E-state index contributed by atoms with van der Waals surface area (Å²) in [6.45, 7) is 1.53. The Balaban J connectivity index is 2.21. The molecule has 0 aliphatic rings. The summed E-state index contributed by atoms with van der Waals surface area (Å²) in [4.78, 5) is 15.6. The van der Waals surface area contributed by atoms with Crippen LogP contribution in [0.3, 0.4) is 0 Å². The number of nitriles is 1. The van der Waals surface area contributed by atoms with E-state index in [-0.39, 0.29) is 5.84 Å². The molecule has 7 nitrogen and oxygen atoms in total. The van der Waals surface area contributed by atoms with Crippen LogP contribution in [0.2, 0.25) is 10.0 Å². The number of nitrogens with zero attached hydrogens (tertiary/aromatic N) is 4. The molecule has 1 aromatic heterocycles. The highest BCUT2D eigenvalue weighted by Gasteiger charge is 2.18. The molecule has 0 unspecified atom stereocenters. The Morgan fingerprint density at radius 3 is 2.55 bits per heavy atom. The molecule has 2 aromatic carbocycles. The molecule has 0 fully saturated rings. The standard InChI is InChI=1S/C20H16Cl2N6O/c1-12(19(24)29)26-20(25-11-23)16-10-18(13-6-8-14(21)9-7-13)28(27-16)17-5-3-2-4-15(17)22/h2-10,12H,1H3,(H2,24,29)(H,25,26)/t12-/m0/s1. The Labute approximate surface area is 177 Å². The van der Waals surface area contributed by atoms with Crippen molar-refractivity contribution in [1.82, 2.24) is 15.1 Å². The van der Waals surface area contributed by atoms with E-state index in [0.29, 0.717) is 27.1 Å². The normalized spacial score (nSPS) is 12.3. The number of aromatic nitrogens is 2. The third-order valence-electron chi connectivity index (χ3n) is 4.08. The van der Waals surface area contributed by atoms with Crippen LogP contribution in [0, 0.1) is 11.5 Å². The van der Waals surface area contributed by atoms with Crippen molar-refractivity contribution < 1.29 is 4.79 Å². The van der Waals surface area contributed by atoms with Gasteiger partial charge >= 0.3 is 0 Å². The molecule has 1 amide bonds. The summed E-state index contributed by atoms with van der Waals surface area (Å²) >= 11 is 12.4. The molecule has 0 bridgehead atoms. The van der Waals surface area contributed by atoms with E-state index in [1.54, 1.807) is 28.9 Å². The Morgan fingerprint density at radius 2 is 1.93 bits per heavy atom. The van der Waals surface area contributed by atoms with Gasteiger partial charge in [-0.3, -0.25) is 15.1 Å². The van der Waals surface area contributed by atoms with Crippen LogP contribution in [0.5, 0.6) is 0 Å². The van der Waals surface area contributed by atoms with Gasteiger partial charge in [0, 0.05) is 10.6 Å². The van der Waals surface area contributed by atoms with Crippen LogP contribution in [0.25, 0.3) is 16.9 Å². The van der Waals surface area contributed by atoms with Gasteiger partial charge in [0.2, 0.25) is 5.91 Å². The van der Waals surface area contributed by atoms with E-state index in [1.807, 2.05) is 36.5 Å². The van der Waals surface area contributed by atoms with Gasteiger partial charge < -0.3 is 5.73 Å². The molecule has 1 heterocycles. The van der Waals surface area contributed by atoms with Gasteiger partial charge in [-0.1, -0.05) is 47.5 Å². The maximum absolute atomic E-state index is 11.4. The lowest BCUT2D eigenvalue weighted by molar-refractivity contribution is -0.118. The highest BCUT2D eigenvalue weighted by atomic mass is 35.5. The SMILES string of the molecule is C[C@H](N=C(NC#N)c1cc(-c2ccc(Cl)cc2)n(-c2ccccc2Cl)n1)C(N)=O. The number of primary amides is 1. The lowest BCUT2D eigenvalue weighted by Crippen LogP contribution is -2.29. The Morgan fingerprint density at radius 1 is 1.24 bits per heavy atom. The summed E-state index contributed by atoms with van der Waals surface area (Å²) in [7, 11) is 0. The minimum atomic E-state index is -0.838. The fourth-order valence-corrected chi connectivity index (χ4v) is 2.94. The fraction of sp³-hybridized carbons (Fsp3) is 0.100. The number of carbonyl (C=O) groups is 1. The molecule has 146 valence electrons. The summed E-state index contributed by atoms with van der Waals surface area (Å²) in [5.74, 6) is -0.495. The second-order valence-electron chi connectivity index (χ2n) is 6.08. The van der Waals surface area contributed by atoms with Crippen molar-refractivity contribution in [3.05, 3.63) is 70.3 Å². The molecule has 0 saturated carbocycles. The number of amides is 1. The van der Waals surface area contributed by atoms with Gasteiger partial charge in [-0.2, -0.15) is 10.4 Å². The van der Waals surface area contributed by atoms with Crippen LogP contribution in [0.1, 0.15) is 12.6 Å². The average Bonchev–Trinajstić information content (AvgIpc) is 3.13. The van der Waals surface area contributed by atoms with Crippen molar-refractivity contribution in [3.63, 3.8) is 0 Å². The molecule has 0 radical (unpaired) electrons. The van der Waals surface area contributed by atoms with Crippen molar-refractivity contribution in [3.8, 4) is 23.1 Å². The first-order valence-corrected chi connectivity index (χ1v) is 9.30. The monoisotopic (exact) mass is 426 g/mol. The minimum Gasteiger partial charge on any atom is -0.368 e. The Hall–Kier alpha value is -3.34. The third kappa shape index (κ3) is 4.57. The van der Waals surface area contributed by atoms with E-state index >= 15 is 0 Å². The first-order chi connectivity index (χ1) is 13.9. The number of amidine groups is 1. The van der Waals surface area contributed by atoms with Crippen molar-refractivity contribution in [1.29, 1.82) is 5.26 Å². The first-order valence-electron chi connectivity index (χ1n) is 8.54. The number of carbonyl (C=O) groups excluding carboxylic acids is 1. The average molecular weight is 427 g/mol. The van der Waals surface area contributed by atoms with Crippen LogP contribution in [0.4, 0.5) is 0 Å². The number of nitrogens with one attached hydrogen (secondary N) is 1. The van der Waals surface area contributed by atoms with Crippen molar-refractivity contribution in [2.45, 2.75) is 13.0 Å². The van der Waals surface area contributed by atoms with E-state index in [9.17, 15) is 4.79 Å². The molecule has 0 spiro atoms. The predicted octanol–water partition coefficient (Wildman–Crippen LogP) is 3.54. The van der Waals surface area contributed by atoms with Gasteiger partial charge in [0.1, 0.15) is 11.7 Å². The zero-order chi connectivity index (χ0) is 21.0. The van der Waals surface area contributed by atoms with Crippen LogP contribution in [0.15, 0.2) is 59.6 Å². The number of benzene rings is 2. The molecule has 3 aromatic rings. The molecule has 29 heavy (non-hydrogen) atoms. The largest absolute Gasteiger partial charge is 0.368 e. The molecule has 0 aliphatic heterocycles. The minimum absolute atomic E-state index is 0.125. The maximum Gasteiger partial charge on any atom is 0.242 e. The quantitative estimate of drug-likeness (QED) is 0.281. The zero-order valence-electron chi connectivity index (χ0n) is 15.3. The molecule has 3 N–H and O–H groups in total. The summed E-state index contributed by atoms with van der Waals surface area (Å²) in [5, 5.41) is 17.2. The van der Waals surface area contributed by atoms with Crippen LogP contribution in [-0.2, 0) is 4.79 Å². The lowest BCUT2D eigenvalue weighted by atomic mass is 10.1. The molecule has 0 aliphatic carbocycles. The van der Waals surface area contributed by atoms with E-state index < -0.39 is 11.9 Å². The highest BCUT2D eigenvalue weighted by Crippen LogP contribution is 2.28. The molecular formula is C20H16Cl2N6O. The van der Waals surface area contributed by atoms with Gasteiger partial charge in [-0.05, 0) is 37.3 Å². The third-order valence-corrected chi connectivity index (χ3v) is 4.65. The van der Waals surface area contributed by atoms with Crippen LogP contribution >= 0.6 is 23.2 Å². The number of hydrogen-bond acceptors (Lipinski definition) is 4. The van der Waals surface area contributed by atoms with Gasteiger partial charge in [0.25, 0.3) is 0 Å². The summed E-state index contributed by atoms with van der Waals surface area (Å²) in [6.07, 6.45) is 1.81. The maximum atomic E-state index is 11.4. The smallest absolute Gasteiger partial charge is 0.242 e. The summed E-state index contributed by atoms with van der Waals surface area (Å²) in [6, 6.07) is 15.3.